The topological polar surface area (TPSA) is 58.6 Å². The van der Waals surface area contributed by atoms with Gasteiger partial charge in [-0.25, -0.2) is 8.78 Å². The van der Waals surface area contributed by atoms with E-state index in [1.165, 1.54) is 17.0 Å². The maximum atomic E-state index is 13.6. The van der Waals surface area contributed by atoms with Crippen LogP contribution in [0.15, 0.2) is 42.5 Å². The fraction of sp³-hybridized carbons (Fsp3) is 0.391. The van der Waals surface area contributed by atoms with E-state index in [-0.39, 0.29) is 43.2 Å². The SMILES string of the molecule is O=C(CCCOc1ccc(F)cc1F)NC(CN1CCCC1=O)c1cccc(C(F)(F)F)c1. The van der Waals surface area contributed by atoms with E-state index in [1.807, 2.05) is 0 Å². The summed E-state index contributed by atoms with van der Waals surface area (Å²) in [6.07, 6.45) is -3.37. The van der Waals surface area contributed by atoms with E-state index in [9.17, 15) is 31.5 Å². The molecule has 0 aliphatic carbocycles. The first-order valence-electron chi connectivity index (χ1n) is 10.5. The lowest BCUT2D eigenvalue weighted by Crippen LogP contribution is -2.38. The van der Waals surface area contributed by atoms with E-state index in [2.05, 4.69) is 5.32 Å². The Balaban J connectivity index is 1.61. The Bertz CT molecular complexity index is 996. The van der Waals surface area contributed by atoms with Gasteiger partial charge in [0.1, 0.15) is 5.82 Å². The molecule has 2 aromatic carbocycles. The van der Waals surface area contributed by atoms with Gasteiger partial charge >= 0.3 is 6.18 Å². The first-order chi connectivity index (χ1) is 15.6. The van der Waals surface area contributed by atoms with Gasteiger partial charge in [-0.15, -0.1) is 0 Å². The van der Waals surface area contributed by atoms with Crippen molar-refractivity contribution in [3.05, 3.63) is 65.2 Å². The van der Waals surface area contributed by atoms with Gasteiger partial charge in [0, 0.05) is 32.0 Å². The van der Waals surface area contributed by atoms with Crippen LogP contribution in [0.5, 0.6) is 5.75 Å². The number of hydrogen-bond donors (Lipinski definition) is 1. The molecule has 1 heterocycles. The summed E-state index contributed by atoms with van der Waals surface area (Å²) >= 11 is 0. The lowest BCUT2D eigenvalue weighted by molar-refractivity contribution is -0.137. The van der Waals surface area contributed by atoms with Crippen molar-refractivity contribution >= 4 is 11.8 Å². The highest BCUT2D eigenvalue weighted by molar-refractivity contribution is 5.79. The van der Waals surface area contributed by atoms with Crippen molar-refractivity contribution in [1.29, 1.82) is 0 Å². The van der Waals surface area contributed by atoms with Gasteiger partial charge in [0.25, 0.3) is 0 Å². The Hall–Kier alpha value is -3.17. The highest BCUT2D eigenvalue weighted by atomic mass is 19.4. The molecule has 5 nitrogen and oxygen atoms in total. The van der Waals surface area contributed by atoms with Crippen LogP contribution in [0.25, 0.3) is 0 Å². The molecular weight excluding hydrogens is 447 g/mol. The third-order valence-corrected chi connectivity index (χ3v) is 5.23. The Morgan fingerprint density at radius 1 is 1.15 bits per heavy atom. The summed E-state index contributed by atoms with van der Waals surface area (Å²) in [6, 6.07) is 6.68. The van der Waals surface area contributed by atoms with Gasteiger partial charge in [0.15, 0.2) is 11.6 Å². The highest BCUT2D eigenvalue weighted by Gasteiger charge is 2.32. The summed E-state index contributed by atoms with van der Waals surface area (Å²) in [5.74, 6) is -2.31. The van der Waals surface area contributed by atoms with Crippen molar-refractivity contribution < 1.29 is 36.3 Å². The summed E-state index contributed by atoms with van der Waals surface area (Å²) < 4.78 is 71.1. The molecule has 3 rings (SSSR count). The zero-order valence-corrected chi connectivity index (χ0v) is 17.6. The van der Waals surface area contributed by atoms with Gasteiger partial charge in [-0.1, -0.05) is 12.1 Å². The van der Waals surface area contributed by atoms with Crippen LogP contribution in [0.2, 0.25) is 0 Å². The summed E-state index contributed by atoms with van der Waals surface area (Å²) in [7, 11) is 0. The van der Waals surface area contributed by atoms with Crippen LogP contribution >= 0.6 is 0 Å². The van der Waals surface area contributed by atoms with Crippen molar-refractivity contribution in [2.45, 2.75) is 37.9 Å². The van der Waals surface area contributed by atoms with Gasteiger partial charge in [-0.3, -0.25) is 9.59 Å². The van der Waals surface area contributed by atoms with E-state index in [1.54, 1.807) is 0 Å². The van der Waals surface area contributed by atoms with Crippen LogP contribution in [0.4, 0.5) is 22.0 Å². The maximum Gasteiger partial charge on any atom is 0.416 e. The highest BCUT2D eigenvalue weighted by Crippen LogP contribution is 2.31. The lowest BCUT2D eigenvalue weighted by Gasteiger charge is -2.26. The molecule has 178 valence electrons. The summed E-state index contributed by atoms with van der Waals surface area (Å²) in [4.78, 5) is 26.0. The molecule has 0 aromatic heterocycles. The van der Waals surface area contributed by atoms with Crippen LogP contribution in [0.1, 0.15) is 42.9 Å². The first-order valence-corrected chi connectivity index (χ1v) is 10.5. The molecular formula is C23H23F5N2O3. The number of nitrogens with one attached hydrogen (secondary N) is 1. The van der Waals surface area contributed by atoms with Crippen LogP contribution in [0, 0.1) is 11.6 Å². The number of carbonyl (C=O) groups excluding carboxylic acids is 2. The fourth-order valence-electron chi connectivity index (χ4n) is 3.56. The number of rotatable bonds is 9. The Kier molecular flexibility index (Phi) is 7.88. The zero-order chi connectivity index (χ0) is 24.0. The van der Waals surface area contributed by atoms with Gasteiger partial charge in [-0.05, 0) is 42.7 Å². The van der Waals surface area contributed by atoms with E-state index < -0.39 is 35.3 Å². The molecule has 0 saturated carbocycles. The van der Waals surface area contributed by atoms with Crippen LogP contribution in [0.3, 0.4) is 0 Å². The largest absolute Gasteiger partial charge is 0.491 e. The molecule has 1 unspecified atom stereocenters. The van der Waals surface area contributed by atoms with Gasteiger partial charge < -0.3 is 15.0 Å². The average Bonchev–Trinajstić information content (AvgIpc) is 3.16. The monoisotopic (exact) mass is 470 g/mol. The van der Waals surface area contributed by atoms with E-state index >= 15 is 0 Å². The second-order valence-electron chi connectivity index (χ2n) is 7.71. The summed E-state index contributed by atoms with van der Waals surface area (Å²) in [5, 5.41) is 2.70. The molecule has 1 atom stereocenters. The quantitative estimate of drug-likeness (QED) is 0.430. The number of nitrogens with zero attached hydrogens (tertiary/aromatic N) is 1. The van der Waals surface area contributed by atoms with Crippen molar-refractivity contribution in [3.63, 3.8) is 0 Å². The zero-order valence-electron chi connectivity index (χ0n) is 17.6. The van der Waals surface area contributed by atoms with Crippen LogP contribution < -0.4 is 10.1 Å². The molecule has 0 spiro atoms. The van der Waals surface area contributed by atoms with Crippen molar-refractivity contribution in [3.8, 4) is 5.75 Å². The average molecular weight is 470 g/mol. The number of alkyl halides is 3. The third kappa shape index (κ3) is 6.90. The second-order valence-corrected chi connectivity index (χ2v) is 7.71. The Morgan fingerprint density at radius 2 is 1.94 bits per heavy atom. The molecule has 0 radical (unpaired) electrons. The first kappa shape index (κ1) is 24.5. The van der Waals surface area contributed by atoms with Gasteiger partial charge in [-0.2, -0.15) is 13.2 Å². The van der Waals surface area contributed by atoms with E-state index in [0.29, 0.717) is 25.5 Å². The Labute approximate surface area is 187 Å². The smallest absolute Gasteiger partial charge is 0.416 e. The van der Waals surface area contributed by atoms with E-state index in [4.69, 9.17) is 4.74 Å². The standard InChI is InChI=1S/C23H23F5N2O3/c24-17-8-9-20(18(25)13-17)33-11-3-6-21(31)29-19(14-30-10-2-7-22(30)32)15-4-1-5-16(12-15)23(26,27)28/h1,4-5,8-9,12-13,19H,2-3,6-7,10-11,14H2,(H,29,31). The van der Waals surface area contributed by atoms with Gasteiger partial charge in [0.05, 0.1) is 18.2 Å². The number of ether oxygens (including phenoxy) is 1. The second kappa shape index (κ2) is 10.6. The van der Waals surface area contributed by atoms with Gasteiger partial charge in [0.2, 0.25) is 11.8 Å². The fourth-order valence-corrected chi connectivity index (χ4v) is 3.56. The molecule has 10 heteroatoms. The summed E-state index contributed by atoms with van der Waals surface area (Å²) in [5.41, 5.74) is -0.607. The lowest BCUT2D eigenvalue weighted by atomic mass is 10.0. The molecule has 1 aliphatic rings. The molecule has 2 aromatic rings. The molecule has 1 N–H and O–H groups in total. The summed E-state index contributed by atoms with van der Waals surface area (Å²) in [6.45, 7) is 0.513. The number of hydrogen-bond acceptors (Lipinski definition) is 3. The third-order valence-electron chi connectivity index (χ3n) is 5.23. The van der Waals surface area contributed by atoms with Crippen molar-refractivity contribution in [2.24, 2.45) is 0 Å². The number of likely N-dealkylation sites (tertiary alicyclic amines) is 1. The number of halogens is 5. The van der Waals surface area contributed by atoms with Crippen LogP contribution in [-0.2, 0) is 15.8 Å². The molecule has 1 aliphatic heterocycles. The maximum absolute atomic E-state index is 13.6. The normalized spacial score (nSPS) is 14.9. The number of amides is 2. The molecule has 0 bridgehead atoms. The molecule has 1 saturated heterocycles. The Morgan fingerprint density at radius 3 is 2.61 bits per heavy atom. The molecule has 33 heavy (non-hydrogen) atoms. The number of benzene rings is 2. The van der Waals surface area contributed by atoms with Crippen LogP contribution in [-0.4, -0.2) is 36.4 Å². The van der Waals surface area contributed by atoms with Crippen molar-refractivity contribution in [2.75, 3.05) is 19.7 Å². The molecule has 1 fully saturated rings. The molecule has 2 amide bonds. The predicted molar refractivity (Wildman–Crippen MR) is 109 cm³/mol. The predicted octanol–water partition coefficient (Wildman–Crippen LogP) is 4.62. The van der Waals surface area contributed by atoms with Crippen molar-refractivity contribution in [1.82, 2.24) is 10.2 Å². The minimum Gasteiger partial charge on any atom is -0.491 e. The number of carbonyl (C=O) groups is 2. The minimum absolute atomic E-state index is 0.0190. The minimum atomic E-state index is -4.54. The van der Waals surface area contributed by atoms with E-state index in [0.717, 1.165) is 24.3 Å².